The van der Waals surface area contributed by atoms with Crippen LogP contribution in [0.3, 0.4) is 0 Å². The van der Waals surface area contributed by atoms with Crippen LogP contribution in [0.25, 0.3) is 0 Å². The van der Waals surface area contributed by atoms with Gasteiger partial charge in [0.1, 0.15) is 0 Å². The van der Waals surface area contributed by atoms with E-state index in [0.717, 1.165) is 12.5 Å². The van der Waals surface area contributed by atoms with Crippen molar-refractivity contribution in [1.29, 1.82) is 0 Å². The Kier molecular flexibility index (Phi) is 4.93. The molecule has 74 valence electrons. The van der Waals surface area contributed by atoms with Gasteiger partial charge in [0.15, 0.2) is 0 Å². The molecule has 0 bridgehead atoms. The third-order valence-corrected chi connectivity index (χ3v) is 2.99. The van der Waals surface area contributed by atoms with Gasteiger partial charge < -0.3 is 4.90 Å². The predicted molar refractivity (Wildman–Crippen MR) is 57.6 cm³/mol. The van der Waals surface area contributed by atoms with E-state index in [1.165, 1.54) is 45.2 Å². The van der Waals surface area contributed by atoms with E-state index in [4.69, 9.17) is 6.42 Å². The van der Waals surface area contributed by atoms with Gasteiger partial charge in [-0.1, -0.05) is 13.3 Å². The van der Waals surface area contributed by atoms with Crippen LogP contribution in [0.5, 0.6) is 0 Å². The molecule has 0 saturated carbocycles. The zero-order valence-electron chi connectivity index (χ0n) is 8.76. The summed E-state index contributed by atoms with van der Waals surface area (Å²) in [5.41, 5.74) is 0. The van der Waals surface area contributed by atoms with Crippen LogP contribution in [-0.4, -0.2) is 24.0 Å². The average molecular weight is 179 g/mol. The molecule has 1 rings (SSSR count). The molecular formula is C12H21N. The summed E-state index contributed by atoms with van der Waals surface area (Å²) in [6.45, 7) is 4.80. The maximum Gasteiger partial charge on any atom is 0.00982 e. The van der Waals surface area contributed by atoms with Crippen LogP contribution in [0.15, 0.2) is 0 Å². The molecule has 1 aliphatic rings. The number of likely N-dealkylation sites (tertiary alicyclic amines) is 1. The Morgan fingerprint density at radius 3 is 3.00 bits per heavy atom. The topological polar surface area (TPSA) is 3.24 Å². The Labute approximate surface area is 82.5 Å². The molecule has 1 aliphatic heterocycles. The smallest absolute Gasteiger partial charge is 0.00982 e. The van der Waals surface area contributed by atoms with Crippen LogP contribution in [0.1, 0.15) is 45.4 Å². The van der Waals surface area contributed by atoms with E-state index >= 15 is 0 Å². The van der Waals surface area contributed by atoms with Crippen LogP contribution in [0.2, 0.25) is 0 Å². The molecule has 1 unspecified atom stereocenters. The summed E-state index contributed by atoms with van der Waals surface area (Å²) in [4.78, 5) is 2.63. The van der Waals surface area contributed by atoms with Gasteiger partial charge in [-0.25, -0.2) is 0 Å². The van der Waals surface area contributed by atoms with Crippen molar-refractivity contribution in [3.8, 4) is 12.3 Å². The van der Waals surface area contributed by atoms with Crippen molar-refractivity contribution < 1.29 is 0 Å². The van der Waals surface area contributed by atoms with Gasteiger partial charge in [0.25, 0.3) is 0 Å². The normalized spacial score (nSPS) is 24.2. The van der Waals surface area contributed by atoms with E-state index in [1.54, 1.807) is 0 Å². The van der Waals surface area contributed by atoms with Gasteiger partial charge in [0, 0.05) is 12.5 Å². The SMILES string of the molecule is C#CCCCN1CCCCC1CC. The van der Waals surface area contributed by atoms with Crippen molar-refractivity contribution >= 4 is 0 Å². The molecule has 1 heterocycles. The lowest BCUT2D eigenvalue weighted by molar-refractivity contribution is 0.143. The molecule has 0 aromatic heterocycles. The number of hydrogen-bond donors (Lipinski definition) is 0. The maximum absolute atomic E-state index is 5.24. The lowest BCUT2D eigenvalue weighted by Crippen LogP contribution is -2.39. The molecular weight excluding hydrogens is 158 g/mol. The highest BCUT2D eigenvalue weighted by Gasteiger charge is 2.19. The van der Waals surface area contributed by atoms with E-state index in [1.807, 2.05) is 0 Å². The zero-order valence-corrected chi connectivity index (χ0v) is 8.76. The van der Waals surface area contributed by atoms with Crippen LogP contribution in [0.4, 0.5) is 0 Å². The van der Waals surface area contributed by atoms with Gasteiger partial charge in [0.05, 0.1) is 0 Å². The van der Waals surface area contributed by atoms with Crippen molar-refractivity contribution in [3.05, 3.63) is 0 Å². The number of terminal acetylenes is 1. The minimum atomic E-state index is 0.839. The zero-order chi connectivity index (χ0) is 9.52. The van der Waals surface area contributed by atoms with E-state index < -0.39 is 0 Å². The Bertz CT molecular complexity index is 168. The molecule has 0 N–H and O–H groups in total. The summed E-state index contributed by atoms with van der Waals surface area (Å²) in [6, 6.07) is 0.839. The van der Waals surface area contributed by atoms with E-state index in [9.17, 15) is 0 Å². The molecule has 0 aromatic carbocycles. The van der Waals surface area contributed by atoms with Gasteiger partial charge in [-0.15, -0.1) is 12.3 Å². The van der Waals surface area contributed by atoms with Crippen molar-refractivity contribution in [2.75, 3.05) is 13.1 Å². The van der Waals surface area contributed by atoms with Crippen LogP contribution in [-0.2, 0) is 0 Å². The second-order valence-electron chi connectivity index (χ2n) is 3.90. The predicted octanol–water partition coefficient (Wildman–Crippen LogP) is 2.66. The molecule has 1 fully saturated rings. The molecule has 0 radical (unpaired) electrons. The number of hydrogen-bond acceptors (Lipinski definition) is 1. The number of rotatable bonds is 4. The Balaban J connectivity index is 2.24. The minimum absolute atomic E-state index is 0.839. The molecule has 0 aromatic rings. The van der Waals surface area contributed by atoms with E-state index in [0.29, 0.717) is 0 Å². The van der Waals surface area contributed by atoms with Gasteiger partial charge in [-0.3, -0.25) is 0 Å². The second kappa shape index (κ2) is 6.05. The monoisotopic (exact) mass is 179 g/mol. The van der Waals surface area contributed by atoms with Crippen LogP contribution in [0, 0.1) is 12.3 Å². The van der Waals surface area contributed by atoms with Crippen molar-refractivity contribution in [3.63, 3.8) is 0 Å². The minimum Gasteiger partial charge on any atom is -0.300 e. The summed E-state index contributed by atoms with van der Waals surface area (Å²) < 4.78 is 0. The lowest BCUT2D eigenvalue weighted by atomic mass is 10.00. The largest absolute Gasteiger partial charge is 0.300 e. The fourth-order valence-electron chi connectivity index (χ4n) is 2.20. The first-order chi connectivity index (χ1) is 6.38. The van der Waals surface area contributed by atoms with Gasteiger partial charge in [0.2, 0.25) is 0 Å². The first kappa shape index (κ1) is 10.6. The van der Waals surface area contributed by atoms with E-state index in [2.05, 4.69) is 17.7 Å². The summed E-state index contributed by atoms with van der Waals surface area (Å²) in [7, 11) is 0. The fourth-order valence-corrected chi connectivity index (χ4v) is 2.20. The molecule has 1 heteroatoms. The number of piperidine rings is 1. The first-order valence-electron chi connectivity index (χ1n) is 5.56. The third-order valence-electron chi connectivity index (χ3n) is 2.99. The summed E-state index contributed by atoms with van der Waals surface area (Å²) >= 11 is 0. The van der Waals surface area contributed by atoms with Gasteiger partial charge in [-0.2, -0.15) is 0 Å². The Hall–Kier alpha value is -0.480. The van der Waals surface area contributed by atoms with Crippen molar-refractivity contribution in [2.45, 2.75) is 51.5 Å². The second-order valence-corrected chi connectivity index (χ2v) is 3.90. The highest BCUT2D eigenvalue weighted by molar-refractivity contribution is 4.84. The first-order valence-corrected chi connectivity index (χ1v) is 5.56. The molecule has 0 aliphatic carbocycles. The Morgan fingerprint density at radius 2 is 2.31 bits per heavy atom. The number of nitrogens with zero attached hydrogens (tertiary/aromatic N) is 1. The van der Waals surface area contributed by atoms with Crippen molar-refractivity contribution in [2.24, 2.45) is 0 Å². The van der Waals surface area contributed by atoms with Crippen LogP contribution >= 0.6 is 0 Å². The van der Waals surface area contributed by atoms with E-state index in [-0.39, 0.29) is 0 Å². The maximum atomic E-state index is 5.24. The summed E-state index contributed by atoms with van der Waals surface area (Å²) in [6.07, 6.45) is 12.9. The molecule has 0 spiro atoms. The Morgan fingerprint density at radius 1 is 1.46 bits per heavy atom. The molecule has 1 saturated heterocycles. The summed E-state index contributed by atoms with van der Waals surface area (Å²) in [5.74, 6) is 2.71. The molecule has 1 nitrogen and oxygen atoms in total. The number of unbranched alkanes of at least 4 members (excludes halogenated alkanes) is 1. The third kappa shape index (κ3) is 3.40. The van der Waals surface area contributed by atoms with Gasteiger partial charge in [-0.05, 0) is 38.8 Å². The summed E-state index contributed by atoms with van der Waals surface area (Å²) in [5, 5.41) is 0. The van der Waals surface area contributed by atoms with Gasteiger partial charge >= 0.3 is 0 Å². The highest BCUT2D eigenvalue weighted by Crippen LogP contribution is 2.19. The molecule has 0 amide bonds. The average Bonchev–Trinajstić information content (AvgIpc) is 2.19. The van der Waals surface area contributed by atoms with Crippen LogP contribution < -0.4 is 0 Å². The standard InChI is InChI=1S/C12H21N/c1-3-5-7-10-13-11-8-6-9-12(13)4-2/h1,12H,4-11H2,2H3. The molecule has 13 heavy (non-hydrogen) atoms. The van der Waals surface area contributed by atoms with Crippen molar-refractivity contribution in [1.82, 2.24) is 4.90 Å². The quantitative estimate of drug-likeness (QED) is 0.474. The highest BCUT2D eigenvalue weighted by atomic mass is 15.2. The fraction of sp³-hybridized carbons (Fsp3) is 0.833. The lowest BCUT2D eigenvalue weighted by Gasteiger charge is -2.35. The molecule has 1 atom stereocenters.